The molecular weight excluding hydrogens is 364 g/mol. The van der Waals surface area contributed by atoms with E-state index in [2.05, 4.69) is 10.3 Å². The fraction of sp³-hybridized carbons (Fsp3) is 0.333. The van der Waals surface area contributed by atoms with Gasteiger partial charge in [0.15, 0.2) is 6.61 Å². The van der Waals surface area contributed by atoms with Crippen molar-refractivity contribution in [2.45, 2.75) is 25.9 Å². The number of hydrogen-bond donors (Lipinski definition) is 1. The Morgan fingerprint density at radius 3 is 2.85 bits per heavy atom. The smallest absolute Gasteiger partial charge is 0.258 e. The number of amides is 1. The predicted molar refractivity (Wildman–Crippen MR) is 107 cm³/mol. The molecule has 1 N–H and O–H groups in total. The second kappa shape index (κ2) is 9.53. The van der Waals surface area contributed by atoms with Crippen LogP contribution in [0.5, 0.6) is 5.75 Å². The summed E-state index contributed by atoms with van der Waals surface area (Å²) < 4.78 is 11.0. The number of nitrogens with one attached hydrogen (secondary N) is 1. The van der Waals surface area contributed by atoms with E-state index in [1.807, 2.05) is 49.4 Å². The Morgan fingerprint density at radius 2 is 2.15 bits per heavy atom. The molecule has 5 nitrogen and oxygen atoms in total. The molecule has 2 aromatic rings. The average molecular weight is 387 g/mol. The Morgan fingerprint density at radius 1 is 1.33 bits per heavy atom. The molecule has 0 unspecified atom stereocenters. The van der Waals surface area contributed by atoms with Crippen LogP contribution in [-0.4, -0.2) is 38.0 Å². The van der Waals surface area contributed by atoms with E-state index in [9.17, 15) is 4.79 Å². The van der Waals surface area contributed by atoms with Gasteiger partial charge in [0.1, 0.15) is 5.75 Å². The van der Waals surface area contributed by atoms with Gasteiger partial charge in [-0.05, 0) is 67.3 Å². The maximum atomic E-state index is 11.8. The topological polar surface area (TPSA) is 59.9 Å². The fourth-order valence-electron chi connectivity index (χ4n) is 2.69. The lowest BCUT2D eigenvalue weighted by molar-refractivity contribution is -0.123. The lowest BCUT2D eigenvalue weighted by Gasteiger charge is -2.11. The first-order valence-corrected chi connectivity index (χ1v) is 9.39. The number of halogens is 1. The fourth-order valence-corrected chi connectivity index (χ4v) is 2.87. The molecule has 1 aliphatic rings. The van der Waals surface area contributed by atoms with Crippen LogP contribution >= 0.6 is 11.6 Å². The van der Waals surface area contributed by atoms with Crippen LogP contribution in [0.4, 0.5) is 5.69 Å². The van der Waals surface area contributed by atoms with E-state index in [1.54, 1.807) is 6.21 Å². The van der Waals surface area contributed by atoms with Crippen LogP contribution in [0.2, 0.25) is 5.02 Å². The Labute approximate surface area is 164 Å². The first-order chi connectivity index (χ1) is 13.1. The molecule has 6 heteroatoms. The Balaban J connectivity index is 1.45. The standard InChI is InChI=1S/C21H23ClN2O3/c1-15-4-7-17(11-20(15)22)23-12-16-5-8-18(9-6-16)27-14-21(25)24-13-19-3-2-10-26-19/h4-9,11-12,19H,2-3,10,13-14H2,1H3,(H,24,25)/t19-/m0/s1. The quantitative estimate of drug-likeness (QED) is 0.729. The monoisotopic (exact) mass is 386 g/mol. The molecular formula is C21H23ClN2O3. The zero-order valence-corrected chi connectivity index (χ0v) is 16.0. The van der Waals surface area contributed by atoms with Crippen LogP contribution in [0, 0.1) is 6.92 Å². The van der Waals surface area contributed by atoms with E-state index >= 15 is 0 Å². The predicted octanol–water partition coefficient (Wildman–Crippen LogP) is 4.07. The number of rotatable bonds is 7. The van der Waals surface area contributed by atoms with Gasteiger partial charge in [-0.2, -0.15) is 0 Å². The van der Waals surface area contributed by atoms with E-state index in [0.29, 0.717) is 17.3 Å². The second-order valence-electron chi connectivity index (χ2n) is 6.49. The van der Waals surface area contributed by atoms with Gasteiger partial charge in [0.25, 0.3) is 5.91 Å². The minimum Gasteiger partial charge on any atom is -0.484 e. The first kappa shape index (κ1) is 19.4. The van der Waals surface area contributed by atoms with Gasteiger partial charge >= 0.3 is 0 Å². The van der Waals surface area contributed by atoms with Crippen LogP contribution in [-0.2, 0) is 9.53 Å². The third kappa shape index (κ3) is 6.08. The van der Waals surface area contributed by atoms with Crippen LogP contribution in [0.25, 0.3) is 0 Å². The minimum absolute atomic E-state index is 0.0119. The summed E-state index contributed by atoms with van der Waals surface area (Å²) in [5, 5.41) is 3.53. The summed E-state index contributed by atoms with van der Waals surface area (Å²) in [6, 6.07) is 13.1. The second-order valence-corrected chi connectivity index (χ2v) is 6.90. The number of benzene rings is 2. The van der Waals surface area contributed by atoms with Gasteiger partial charge in [0, 0.05) is 24.4 Å². The molecule has 0 bridgehead atoms. The van der Waals surface area contributed by atoms with Crippen LogP contribution in [0.3, 0.4) is 0 Å². The van der Waals surface area contributed by atoms with Crippen molar-refractivity contribution in [1.82, 2.24) is 5.32 Å². The number of carbonyl (C=O) groups excluding carboxylic acids is 1. The molecule has 3 rings (SSSR count). The molecule has 27 heavy (non-hydrogen) atoms. The normalized spacial score (nSPS) is 16.6. The largest absolute Gasteiger partial charge is 0.484 e. The van der Waals surface area contributed by atoms with E-state index in [1.165, 1.54) is 0 Å². The van der Waals surface area contributed by atoms with Crippen molar-refractivity contribution in [3.8, 4) is 5.75 Å². The maximum Gasteiger partial charge on any atom is 0.258 e. The summed E-state index contributed by atoms with van der Waals surface area (Å²) in [5.74, 6) is 0.491. The Hall–Kier alpha value is -2.37. The van der Waals surface area contributed by atoms with Crippen molar-refractivity contribution in [3.63, 3.8) is 0 Å². The lowest BCUT2D eigenvalue weighted by atomic mass is 10.2. The summed E-state index contributed by atoms with van der Waals surface area (Å²) >= 11 is 6.11. The van der Waals surface area contributed by atoms with Gasteiger partial charge in [0.2, 0.25) is 0 Å². The van der Waals surface area contributed by atoms with Crippen molar-refractivity contribution in [1.29, 1.82) is 0 Å². The van der Waals surface area contributed by atoms with Crippen LogP contribution in [0.1, 0.15) is 24.0 Å². The zero-order valence-electron chi connectivity index (χ0n) is 15.3. The molecule has 0 aliphatic carbocycles. The van der Waals surface area contributed by atoms with Crippen molar-refractivity contribution < 1.29 is 14.3 Å². The van der Waals surface area contributed by atoms with Crippen LogP contribution in [0.15, 0.2) is 47.5 Å². The molecule has 1 aliphatic heterocycles. The summed E-state index contributed by atoms with van der Waals surface area (Å²) in [4.78, 5) is 16.2. The molecule has 0 spiro atoms. The SMILES string of the molecule is Cc1ccc(N=Cc2ccc(OCC(=O)NC[C@@H]3CCCO3)cc2)cc1Cl. The summed E-state index contributed by atoms with van der Waals surface area (Å²) in [7, 11) is 0. The van der Waals surface area contributed by atoms with Gasteiger partial charge in [-0.15, -0.1) is 0 Å². The number of hydrogen-bond acceptors (Lipinski definition) is 4. The molecule has 1 amide bonds. The minimum atomic E-state index is -0.146. The molecule has 1 fully saturated rings. The number of aryl methyl sites for hydroxylation is 1. The van der Waals surface area contributed by atoms with E-state index in [4.69, 9.17) is 21.1 Å². The van der Waals surface area contributed by atoms with Gasteiger partial charge in [-0.1, -0.05) is 17.7 Å². The van der Waals surface area contributed by atoms with Crippen molar-refractivity contribution in [2.75, 3.05) is 19.8 Å². The molecule has 1 atom stereocenters. The highest BCUT2D eigenvalue weighted by molar-refractivity contribution is 6.31. The third-order valence-corrected chi connectivity index (χ3v) is 4.73. The Kier molecular flexibility index (Phi) is 6.85. The van der Waals surface area contributed by atoms with Crippen LogP contribution < -0.4 is 10.1 Å². The maximum absolute atomic E-state index is 11.8. The average Bonchev–Trinajstić information content (AvgIpc) is 3.20. The molecule has 0 saturated carbocycles. The molecule has 0 aromatic heterocycles. The Bertz CT molecular complexity index is 800. The number of aliphatic imine (C=N–C) groups is 1. The van der Waals surface area contributed by atoms with Gasteiger partial charge in [-0.3, -0.25) is 9.79 Å². The van der Waals surface area contributed by atoms with E-state index in [-0.39, 0.29) is 18.6 Å². The number of carbonyl (C=O) groups is 1. The molecule has 1 saturated heterocycles. The summed E-state index contributed by atoms with van der Waals surface area (Å²) in [5.41, 5.74) is 2.76. The summed E-state index contributed by atoms with van der Waals surface area (Å²) in [6.45, 7) is 3.27. The highest BCUT2D eigenvalue weighted by atomic mass is 35.5. The molecule has 2 aromatic carbocycles. The van der Waals surface area contributed by atoms with Crippen molar-refractivity contribution in [3.05, 3.63) is 58.6 Å². The van der Waals surface area contributed by atoms with E-state index < -0.39 is 0 Å². The lowest BCUT2D eigenvalue weighted by Crippen LogP contribution is -2.35. The van der Waals surface area contributed by atoms with Gasteiger partial charge in [0.05, 0.1) is 11.8 Å². The molecule has 142 valence electrons. The zero-order chi connectivity index (χ0) is 19.1. The third-order valence-electron chi connectivity index (χ3n) is 4.32. The van der Waals surface area contributed by atoms with Gasteiger partial charge < -0.3 is 14.8 Å². The van der Waals surface area contributed by atoms with Crippen molar-refractivity contribution >= 4 is 29.4 Å². The molecule has 0 radical (unpaired) electrons. The highest BCUT2D eigenvalue weighted by Gasteiger charge is 2.16. The summed E-state index contributed by atoms with van der Waals surface area (Å²) in [6.07, 6.45) is 3.96. The van der Waals surface area contributed by atoms with E-state index in [0.717, 1.165) is 36.3 Å². The van der Waals surface area contributed by atoms with Crippen molar-refractivity contribution in [2.24, 2.45) is 4.99 Å². The highest BCUT2D eigenvalue weighted by Crippen LogP contribution is 2.22. The van der Waals surface area contributed by atoms with Gasteiger partial charge in [-0.25, -0.2) is 0 Å². The number of nitrogens with zero attached hydrogens (tertiary/aromatic N) is 1. The number of ether oxygens (including phenoxy) is 2. The first-order valence-electron chi connectivity index (χ1n) is 9.01. The molecule has 1 heterocycles.